The van der Waals surface area contributed by atoms with Gasteiger partial charge in [-0.25, -0.2) is 4.98 Å². The third kappa shape index (κ3) is 6.61. The summed E-state index contributed by atoms with van der Waals surface area (Å²) < 4.78 is 75.0. The Morgan fingerprint density at radius 3 is 2.61 bits per heavy atom. The lowest BCUT2D eigenvalue weighted by Gasteiger charge is -2.21. The number of aromatic nitrogens is 1. The maximum Gasteiger partial charge on any atom is 0.417 e. The minimum Gasteiger partial charge on any atom is -0.357 e. The van der Waals surface area contributed by atoms with E-state index in [1.54, 1.807) is 11.8 Å². The highest BCUT2D eigenvalue weighted by Crippen LogP contribution is 2.34. The Kier molecular flexibility index (Phi) is 7.24. The summed E-state index contributed by atoms with van der Waals surface area (Å²) in [6.07, 6.45) is -8.51. The second kappa shape index (κ2) is 9.06. The van der Waals surface area contributed by atoms with Crippen LogP contribution in [0.2, 0.25) is 5.02 Å². The molecule has 1 aliphatic heterocycles. The highest BCUT2D eigenvalue weighted by Gasteiger charge is 2.33. The van der Waals surface area contributed by atoms with E-state index in [2.05, 4.69) is 20.6 Å². The highest BCUT2D eigenvalue weighted by molar-refractivity contribution is 6.33. The zero-order valence-electron chi connectivity index (χ0n) is 15.0. The van der Waals surface area contributed by atoms with E-state index in [1.807, 2.05) is 0 Å². The lowest BCUT2D eigenvalue weighted by Crippen LogP contribution is -2.44. The molecule has 1 aromatic heterocycles. The van der Waals surface area contributed by atoms with E-state index in [9.17, 15) is 26.3 Å². The van der Waals surface area contributed by atoms with Gasteiger partial charge in [-0.3, -0.25) is 4.99 Å². The number of pyridine rings is 1. The van der Waals surface area contributed by atoms with E-state index in [0.717, 1.165) is 12.3 Å². The number of rotatable bonds is 5. The van der Waals surface area contributed by atoms with Crippen molar-refractivity contribution in [2.45, 2.75) is 38.2 Å². The molecule has 2 N–H and O–H groups in total. The van der Waals surface area contributed by atoms with Gasteiger partial charge in [0.2, 0.25) is 0 Å². The topological polar surface area (TPSA) is 52.6 Å². The van der Waals surface area contributed by atoms with E-state index < -0.39 is 30.9 Å². The number of nitrogens with zero attached hydrogens (tertiary/aromatic N) is 3. The molecule has 1 fully saturated rings. The van der Waals surface area contributed by atoms with Crippen molar-refractivity contribution in [1.82, 2.24) is 15.6 Å². The van der Waals surface area contributed by atoms with E-state index in [0.29, 0.717) is 26.1 Å². The Morgan fingerprint density at radius 1 is 1.32 bits per heavy atom. The van der Waals surface area contributed by atoms with Crippen LogP contribution in [0.15, 0.2) is 17.3 Å². The first-order chi connectivity index (χ1) is 13.0. The number of hydrogen-bond donors (Lipinski definition) is 2. The minimum absolute atomic E-state index is 0.110. The molecule has 1 unspecified atom stereocenters. The summed E-state index contributed by atoms with van der Waals surface area (Å²) in [6.45, 7) is 2.72. The minimum atomic E-state index is -4.53. The molecule has 0 radical (unpaired) electrons. The molecule has 1 atom stereocenters. The van der Waals surface area contributed by atoms with Crippen LogP contribution >= 0.6 is 11.6 Å². The molecule has 158 valence electrons. The molecule has 12 heteroatoms. The smallest absolute Gasteiger partial charge is 0.357 e. The molecule has 0 spiro atoms. The second-order valence-corrected chi connectivity index (χ2v) is 6.64. The standard InChI is InChI=1S/C16H20ClF6N5/c1-2-24-14(25-5-4-15(18,19)20)27-11-3-6-28(9-11)13-12(17)7-10(8-26-13)16(21,22)23/h7-8,11H,2-6,9H2,1H3,(H2,24,25,27). The van der Waals surface area contributed by atoms with Gasteiger partial charge in [0.1, 0.15) is 5.82 Å². The molecule has 0 saturated carbocycles. The fourth-order valence-corrected chi connectivity index (χ4v) is 2.98. The Bertz CT molecular complexity index is 691. The molecule has 2 heterocycles. The lowest BCUT2D eigenvalue weighted by molar-refractivity contribution is -0.137. The molecule has 28 heavy (non-hydrogen) atoms. The van der Waals surface area contributed by atoms with Crippen LogP contribution < -0.4 is 15.5 Å². The van der Waals surface area contributed by atoms with Gasteiger partial charge in [0.25, 0.3) is 0 Å². The summed E-state index contributed by atoms with van der Waals surface area (Å²) in [5.41, 5.74) is -0.929. The molecule has 5 nitrogen and oxygen atoms in total. The first-order valence-electron chi connectivity index (χ1n) is 8.59. The average Bonchev–Trinajstić information content (AvgIpc) is 3.01. The van der Waals surface area contributed by atoms with Gasteiger partial charge in [0, 0.05) is 31.9 Å². The van der Waals surface area contributed by atoms with Gasteiger partial charge in [-0.15, -0.1) is 0 Å². The second-order valence-electron chi connectivity index (χ2n) is 6.23. The zero-order valence-corrected chi connectivity index (χ0v) is 15.7. The first-order valence-corrected chi connectivity index (χ1v) is 8.96. The van der Waals surface area contributed by atoms with E-state index in [4.69, 9.17) is 11.6 Å². The average molecular weight is 432 g/mol. The van der Waals surface area contributed by atoms with E-state index in [-0.39, 0.29) is 22.8 Å². The molecule has 1 aliphatic rings. The number of halogens is 7. The van der Waals surface area contributed by atoms with Crippen molar-refractivity contribution >= 4 is 23.4 Å². The van der Waals surface area contributed by atoms with Gasteiger partial charge < -0.3 is 15.5 Å². The van der Waals surface area contributed by atoms with Gasteiger partial charge in [0.15, 0.2) is 5.96 Å². The summed E-state index contributed by atoms with van der Waals surface area (Å²) in [7, 11) is 0. The SMILES string of the molecule is CCNC(=NCCC(F)(F)F)NC1CCN(c2ncc(C(F)(F)F)cc2Cl)C1. The summed E-state index contributed by atoms with van der Waals surface area (Å²) in [5.74, 6) is 0.489. The van der Waals surface area contributed by atoms with Crippen molar-refractivity contribution < 1.29 is 26.3 Å². The summed E-state index contributed by atoms with van der Waals surface area (Å²) >= 11 is 5.96. The quantitative estimate of drug-likeness (QED) is 0.422. The van der Waals surface area contributed by atoms with Crippen LogP contribution in [0.3, 0.4) is 0 Å². The molecular formula is C16H20ClF6N5. The summed E-state index contributed by atoms with van der Waals surface area (Å²) in [6, 6.07) is 0.664. The normalized spacial score (nSPS) is 18.5. The number of hydrogen-bond acceptors (Lipinski definition) is 3. The maximum atomic E-state index is 12.7. The monoisotopic (exact) mass is 431 g/mol. The molecule has 0 amide bonds. The van der Waals surface area contributed by atoms with Gasteiger partial charge in [0.05, 0.1) is 23.6 Å². The Labute approximate surface area is 163 Å². The van der Waals surface area contributed by atoms with Crippen LogP contribution in [-0.4, -0.2) is 49.3 Å². The third-order valence-corrected chi connectivity index (χ3v) is 4.27. The Balaban J connectivity index is 1.99. The number of guanidine groups is 1. The number of aliphatic imine (C=N–C) groups is 1. The molecule has 2 rings (SSSR count). The van der Waals surface area contributed by atoms with Crippen molar-refractivity contribution in [1.29, 1.82) is 0 Å². The molecule has 1 aromatic rings. The summed E-state index contributed by atoms with van der Waals surface area (Å²) in [5, 5.41) is 5.80. The fraction of sp³-hybridized carbons (Fsp3) is 0.625. The first kappa shape index (κ1) is 22.4. The van der Waals surface area contributed by atoms with Crippen LogP contribution in [-0.2, 0) is 6.18 Å². The molecular weight excluding hydrogens is 412 g/mol. The molecule has 0 aromatic carbocycles. The van der Waals surface area contributed by atoms with Crippen molar-refractivity contribution in [2.75, 3.05) is 31.1 Å². The Hall–Kier alpha value is -1.91. The number of nitrogens with one attached hydrogen (secondary N) is 2. The van der Waals surface area contributed by atoms with Crippen LogP contribution in [0.5, 0.6) is 0 Å². The van der Waals surface area contributed by atoms with E-state index in [1.165, 1.54) is 0 Å². The highest BCUT2D eigenvalue weighted by atomic mass is 35.5. The fourth-order valence-electron chi connectivity index (χ4n) is 2.70. The van der Waals surface area contributed by atoms with Crippen LogP contribution in [0.25, 0.3) is 0 Å². The largest absolute Gasteiger partial charge is 0.417 e. The maximum absolute atomic E-state index is 12.7. The van der Waals surface area contributed by atoms with Crippen molar-refractivity contribution in [3.05, 3.63) is 22.8 Å². The number of alkyl halides is 6. The van der Waals surface area contributed by atoms with Crippen molar-refractivity contribution in [3.8, 4) is 0 Å². The molecule has 1 saturated heterocycles. The van der Waals surface area contributed by atoms with Gasteiger partial charge in [-0.1, -0.05) is 11.6 Å². The lowest BCUT2D eigenvalue weighted by atomic mass is 10.2. The summed E-state index contributed by atoms with van der Waals surface area (Å²) in [4.78, 5) is 9.46. The Morgan fingerprint density at radius 2 is 2.04 bits per heavy atom. The van der Waals surface area contributed by atoms with Crippen LogP contribution in [0.4, 0.5) is 32.2 Å². The van der Waals surface area contributed by atoms with E-state index >= 15 is 0 Å². The third-order valence-electron chi connectivity index (χ3n) is 3.99. The van der Waals surface area contributed by atoms with Gasteiger partial charge >= 0.3 is 12.4 Å². The predicted octanol–water partition coefficient (Wildman–Crippen LogP) is 3.84. The van der Waals surface area contributed by atoms with Crippen molar-refractivity contribution in [2.24, 2.45) is 4.99 Å². The van der Waals surface area contributed by atoms with Crippen molar-refractivity contribution in [3.63, 3.8) is 0 Å². The van der Waals surface area contributed by atoms with Crippen LogP contribution in [0, 0.1) is 0 Å². The molecule has 0 bridgehead atoms. The zero-order chi connectivity index (χ0) is 20.9. The van der Waals surface area contributed by atoms with Gasteiger partial charge in [-0.05, 0) is 19.4 Å². The predicted molar refractivity (Wildman–Crippen MR) is 94.7 cm³/mol. The van der Waals surface area contributed by atoms with Crippen LogP contribution in [0.1, 0.15) is 25.3 Å². The molecule has 0 aliphatic carbocycles. The van der Waals surface area contributed by atoms with Gasteiger partial charge in [-0.2, -0.15) is 26.3 Å². The number of anilines is 1.